The van der Waals surface area contributed by atoms with Crippen molar-refractivity contribution in [1.29, 1.82) is 0 Å². The third kappa shape index (κ3) is 2.72. The fourth-order valence-electron chi connectivity index (χ4n) is 1.30. The Balaban J connectivity index is 3.76. The lowest BCUT2D eigenvalue weighted by Gasteiger charge is -2.24. The largest absolute Gasteiger partial charge is 0.0651 e. The Hall–Kier alpha value is 0. The molecule has 0 nitrogen and oxygen atoms in total. The lowest BCUT2D eigenvalue weighted by Crippen LogP contribution is -2.15. The Labute approximate surface area is 66.0 Å². The molecule has 60 valence electrons. The molecule has 0 fully saturated rings. The van der Waals surface area contributed by atoms with Gasteiger partial charge in [-0.1, -0.05) is 47.5 Å². The van der Waals surface area contributed by atoms with Gasteiger partial charge in [-0.25, -0.2) is 0 Å². The Kier molecular flexibility index (Phi) is 4.76. The van der Waals surface area contributed by atoms with Crippen molar-refractivity contribution in [2.24, 2.45) is 17.8 Å². The van der Waals surface area contributed by atoms with E-state index in [2.05, 4.69) is 34.6 Å². The molecule has 0 aromatic rings. The van der Waals surface area contributed by atoms with Crippen LogP contribution in [0.2, 0.25) is 0 Å². The molecule has 0 aliphatic rings. The quantitative estimate of drug-likeness (QED) is 0.562. The van der Waals surface area contributed by atoms with Crippen LogP contribution in [0.4, 0.5) is 0 Å². The summed E-state index contributed by atoms with van der Waals surface area (Å²) in [5, 5.41) is 0. The van der Waals surface area contributed by atoms with Crippen molar-refractivity contribution in [3.8, 4) is 0 Å². The highest BCUT2D eigenvalue weighted by Crippen LogP contribution is 2.24. The van der Waals surface area contributed by atoms with Gasteiger partial charge in [-0.05, 0) is 17.8 Å². The first-order valence-corrected chi connectivity index (χ1v) is 4.25. The van der Waals surface area contributed by atoms with E-state index >= 15 is 0 Å². The van der Waals surface area contributed by atoms with Gasteiger partial charge < -0.3 is 0 Å². The number of hydrogen-bond donors (Lipinski definition) is 0. The maximum Gasteiger partial charge on any atom is -0.0389 e. The van der Waals surface area contributed by atoms with Crippen LogP contribution in [0, 0.1) is 31.6 Å². The molecule has 0 aromatic carbocycles. The third-order valence-corrected chi connectivity index (χ3v) is 2.54. The summed E-state index contributed by atoms with van der Waals surface area (Å²) in [6.07, 6.45) is 2.29. The Morgan fingerprint density at radius 3 is 1.90 bits per heavy atom. The molecule has 2 radical (unpaired) electrons. The van der Waals surface area contributed by atoms with Crippen LogP contribution in [0.1, 0.15) is 33.6 Å². The van der Waals surface area contributed by atoms with Crippen LogP contribution in [-0.2, 0) is 0 Å². The molecule has 0 saturated heterocycles. The average Bonchev–Trinajstić information content (AvgIpc) is 1.90. The maximum atomic E-state index is 4.03. The number of hydrogen-bond acceptors (Lipinski definition) is 0. The summed E-state index contributed by atoms with van der Waals surface area (Å²) in [5.74, 6) is 2.06. The van der Waals surface area contributed by atoms with Crippen LogP contribution in [0.25, 0.3) is 0 Å². The Morgan fingerprint density at radius 2 is 1.80 bits per heavy atom. The summed E-state index contributed by atoms with van der Waals surface area (Å²) in [6, 6.07) is 0. The molecule has 0 heteroatoms. The molecular formula is C10H20. The number of rotatable bonds is 4. The summed E-state index contributed by atoms with van der Waals surface area (Å²) < 4.78 is 0. The van der Waals surface area contributed by atoms with Crippen LogP contribution in [0.5, 0.6) is 0 Å². The summed E-state index contributed by atoms with van der Waals surface area (Å²) in [7, 11) is 0. The summed E-state index contributed by atoms with van der Waals surface area (Å²) in [4.78, 5) is 0. The molecule has 3 unspecified atom stereocenters. The molecule has 10 heavy (non-hydrogen) atoms. The Morgan fingerprint density at radius 1 is 1.30 bits per heavy atom. The van der Waals surface area contributed by atoms with Gasteiger partial charge in [-0.2, -0.15) is 0 Å². The van der Waals surface area contributed by atoms with Gasteiger partial charge in [0.15, 0.2) is 0 Å². The minimum atomic E-state index is 0.562. The smallest absolute Gasteiger partial charge is 0.0389 e. The van der Waals surface area contributed by atoms with E-state index in [-0.39, 0.29) is 0 Å². The molecule has 0 aliphatic heterocycles. The van der Waals surface area contributed by atoms with Gasteiger partial charge in [0.2, 0.25) is 0 Å². The second-order valence-corrected chi connectivity index (χ2v) is 3.29. The lowest BCUT2D eigenvalue weighted by molar-refractivity contribution is 0.289. The lowest BCUT2D eigenvalue weighted by atomic mass is 9.82. The van der Waals surface area contributed by atoms with Gasteiger partial charge in [-0.15, -0.1) is 0 Å². The van der Waals surface area contributed by atoms with Crippen molar-refractivity contribution in [2.75, 3.05) is 0 Å². The van der Waals surface area contributed by atoms with Crippen molar-refractivity contribution in [1.82, 2.24) is 0 Å². The summed E-state index contributed by atoms with van der Waals surface area (Å²) in [6.45, 7) is 14.6. The van der Waals surface area contributed by atoms with Gasteiger partial charge in [0, 0.05) is 0 Å². The van der Waals surface area contributed by atoms with Crippen LogP contribution in [-0.4, -0.2) is 0 Å². The predicted octanol–water partition coefficient (Wildman–Crippen LogP) is 3.34. The molecule has 0 spiro atoms. The van der Waals surface area contributed by atoms with Crippen LogP contribution in [0.3, 0.4) is 0 Å². The van der Waals surface area contributed by atoms with Crippen molar-refractivity contribution >= 4 is 0 Å². The summed E-state index contributed by atoms with van der Waals surface area (Å²) in [5.41, 5.74) is 0. The molecule has 0 aliphatic carbocycles. The molecule has 0 N–H and O–H groups in total. The zero-order chi connectivity index (χ0) is 8.15. The van der Waals surface area contributed by atoms with Crippen molar-refractivity contribution < 1.29 is 0 Å². The van der Waals surface area contributed by atoms with E-state index in [0.717, 1.165) is 18.3 Å². The highest BCUT2D eigenvalue weighted by Gasteiger charge is 2.15. The Bertz CT molecular complexity index is 70.1. The highest BCUT2D eigenvalue weighted by atomic mass is 14.2. The van der Waals surface area contributed by atoms with Gasteiger partial charge in [0.05, 0.1) is 0 Å². The predicted molar refractivity (Wildman–Crippen MR) is 47.4 cm³/mol. The van der Waals surface area contributed by atoms with E-state index in [9.17, 15) is 0 Å². The molecule has 0 heterocycles. The van der Waals surface area contributed by atoms with E-state index in [0.29, 0.717) is 5.92 Å². The third-order valence-electron chi connectivity index (χ3n) is 2.54. The average molecular weight is 140 g/mol. The fraction of sp³-hybridized carbons (Fsp3) is 0.800. The maximum absolute atomic E-state index is 4.03. The van der Waals surface area contributed by atoms with E-state index in [4.69, 9.17) is 0 Å². The minimum Gasteiger partial charge on any atom is -0.0651 e. The van der Waals surface area contributed by atoms with E-state index in [1.807, 2.05) is 0 Å². The molecule has 3 atom stereocenters. The van der Waals surface area contributed by atoms with Crippen molar-refractivity contribution in [3.63, 3.8) is 0 Å². The molecular weight excluding hydrogens is 120 g/mol. The second-order valence-electron chi connectivity index (χ2n) is 3.29. The molecule has 0 saturated carbocycles. The van der Waals surface area contributed by atoms with Gasteiger partial charge in [0.25, 0.3) is 0 Å². The van der Waals surface area contributed by atoms with Crippen molar-refractivity contribution in [3.05, 3.63) is 13.8 Å². The zero-order valence-electron chi connectivity index (χ0n) is 7.56. The van der Waals surface area contributed by atoms with Crippen LogP contribution >= 0.6 is 0 Å². The first-order valence-electron chi connectivity index (χ1n) is 4.25. The highest BCUT2D eigenvalue weighted by molar-refractivity contribution is 4.72. The second kappa shape index (κ2) is 4.76. The van der Waals surface area contributed by atoms with Gasteiger partial charge in [-0.3, -0.25) is 0 Å². The SMILES string of the molecule is [CH2]CC(CC)C(C)C([CH2])C. The first-order chi connectivity index (χ1) is 4.63. The van der Waals surface area contributed by atoms with Crippen LogP contribution in [0.15, 0.2) is 0 Å². The molecule has 0 aromatic heterocycles. The van der Waals surface area contributed by atoms with E-state index in [1.54, 1.807) is 0 Å². The van der Waals surface area contributed by atoms with Gasteiger partial charge >= 0.3 is 0 Å². The molecule has 0 amide bonds. The molecule has 0 bridgehead atoms. The van der Waals surface area contributed by atoms with Crippen molar-refractivity contribution in [2.45, 2.75) is 33.6 Å². The monoisotopic (exact) mass is 140 g/mol. The fourth-order valence-corrected chi connectivity index (χ4v) is 1.30. The standard InChI is InChI=1S/C10H20/c1-6-10(7-2)9(5)8(3)4/h8-10H,1,3,6-7H2,2,4-5H3. The summed E-state index contributed by atoms with van der Waals surface area (Å²) >= 11 is 0. The van der Waals surface area contributed by atoms with E-state index < -0.39 is 0 Å². The van der Waals surface area contributed by atoms with E-state index in [1.165, 1.54) is 6.42 Å². The van der Waals surface area contributed by atoms with Gasteiger partial charge in [0.1, 0.15) is 0 Å². The topological polar surface area (TPSA) is 0 Å². The van der Waals surface area contributed by atoms with Crippen LogP contribution < -0.4 is 0 Å². The zero-order valence-corrected chi connectivity index (χ0v) is 7.56. The minimum absolute atomic E-state index is 0.562. The molecule has 0 rings (SSSR count). The normalized spacial score (nSPS) is 14.7. The first kappa shape index (κ1) is 10.0.